The Morgan fingerprint density at radius 1 is 1.56 bits per heavy atom. The van der Waals surface area contributed by atoms with Crippen LogP contribution < -0.4 is 11.1 Å². The molecule has 0 aliphatic heterocycles. The van der Waals surface area contributed by atoms with Crippen LogP contribution in [0.2, 0.25) is 5.02 Å². The fourth-order valence-electron chi connectivity index (χ4n) is 1.34. The maximum Gasteiger partial charge on any atom is 0.143 e. The van der Waals surface area contributed by atoms with Gasteiger partial charge in [-0.15, -0.1) is 0 Å². The summed E-state index contributed by atoms with van der Waals surface area (Å²) < 4.78 is 18.0. The molecule has 0 saturated carbocycles. The first-order valence-corrected chi connectivity index (χ1v) is 5.39. The highest BCUT2D eigenvalue weighted by atomic mass is 35.5. The highest BCUT2D eigenvalue weighted by Gasteiger charge is 2.07. The van der Waals surface area contributed by atoms with Gasteiger partial charge in [0.15, 0.2) is 0 Å². The lowest BCUT2D eigenvalue weighted by molar-refractivity contribution is 0.164. The van der Waals surface area contributed by atoms with E-state index in [2.05, 4.69) is 5.32 Å². The third kappa shape index (κ3) is 3.54. The number of ether oxygens (including phenoxy) is 1. The second-order valence-corrected chi connectivity index (χ2v) is 4.20. The number of nitrogen functional groups attached to an aromatic ring is 1. The fourth-order valence-corrected chi connectivity index (χ4v) is 1.51. The lowest BCUT2D eigenvalue weighted by atomic mass is 10.2. The third-order valence-corrected chi connectivity index (χ3v) is 2.47. The van der Waals surface area contributed by atoms with Crippen molar-refractivity contribution in [1.29, 1.82) is 0 Å². The van der Waals surface area contributed by atoms with Crippen molar-refractivity contribution in [2.24, 2.45) is 5.92 Å². The quantitative estimate of drug-likeness (QED) is 0.786. The summed E-state index contributed by atoms with van der Waals surface area (Å²) in [5, 5.41) is 3.18. The molecule has 90 valence electrons. The molecular weight excluding hydrogens is 231 g/mol. The van der Waals surface area contributed by atoms with Crippen molar-refractivity contribution in [1.82, 2.24) is 0 Å². The molecule has 0 heterocycles. The number of rotatable bonds is 5. The van der Waals surface area contributed by atoms with Crippen molar-refractivity contribution in [2.45, 2.75) is 6.92 Å². The van der Waals surface area contributed by atoms with Crippen molar-refractivity contribution < 1.29 is 9.13 Å². The predicted octanol–water partition coefficient (Wildman–Crippen LogP) is 2.76. The van der Waals surface area contributed by atoms with E-state index >= 15 is 0 Å². The van der Waals surface area contributed by atoms with Gasteiger partial charge in [-0.05, 0) is 12.0 Å². The zero-order chi connectivity index (χ0) is 12.1. The highest BCUT2D eigenvalue weighted by Crippen LogP contribution is 2.26. The average Bonchev–Trinajstić information content (AvgIpc) is 2.22. The molecule has 3 N–H and O–H groups in total. The van der Waals surface area contributed by atoms with E-state index in [4.69, 9.17) is 22.1 Å². The molecule has 16 heavy (non-hydrogen) atoms. The Hall–Kier alpha value is -1.00. The van der Waals surface area contributed by atoms with E-state index in [1.165, 1.54) is 12.1 Å². The van der Waals surface area contributed by atoms with Crippen LogP contribution in [0.15, 0.2) is 12.1 Å². The molecule has 1 unspecified atom stereocenters. The number of nitrogens with two attached hydrogens (primary N) is 1. The number of methoxy groups -OCH3 is 1. The summed E-state index contributed by atoms with van der Waals surface area (Å²) in [5.74, 6) is -0.164. The van der Waals surface area contributed by atoms with Gasteiger partial charge < -0.3 is 15.8 Å². The largest absolute Gasteiger partial charge is 0.397 e. The van der Waals surface area contributed by atoms with E-state index in [0.29, 0.717) is 30.4 Å². The average molecular weight is 247 g/mol. The van der Waals surface area contributed by atoms with E-state index in [1.54, 1.807) is 7.11 Å². The van der Waals surface area contributed by atoms with E-state index in [0.717, 1.165) is 0 Å². The van der Waals surface area contributed by atoms with Crippen molar-refractivity contribution in [3.63, 3.8) is 0 Å². The Kier molecular flexibility index (Phi) is 4.83. The Balaban J connectivity index is 2.63. The first-order chi connectivity index (χ1) is 7.54. The maximum atomic E-state index is 13.0. The molecule has 1 aromatic carbocycles. The molecule has 1 atom stereocenters. The SMILES string of the molecule is COCC(C)CNc1cc(Cl)c(F)cc1N. The summed E-state index contributed by atoms with van der Waals surface area (Å²) in [4.78, 5) is 0. The molecule has 0 bridgehead atoms. The van der Waals surface area contributed by atoms with E-state index in [9.17, 15) is 4.39 Å². The van der Waals surface area contributed by atoms with Crippen molar-refractivity contribution in [3.8, 4) is 0 Å². The second-order valence-electron chi connectivity index (χ2n) is 3.79. The zero-order valence-corrected chi connectivity index (χ0v) is 10.1. The molecule has 3 nitrogen and oxygen atoms in total. The van der Waals surface area contributed by atoms with E-state index in [1.807, 2.05) is 6.92 Å². The van der Waals surface area contributed by atoms with Crippen LogP contribution in [0, 0.1) is 11.7 Å². The number of hydrogen-bond acceptors (Lipinski definition) is 3. The molecule has 0 aliphatic rings. The Labute approximate surface area is 99.7 Å². The molecule has 1 aromatic rings. The summed E-state index contributed by atoms with van der Waals surface area (Å²) in [7, 11) is 1.65. The van der Waals surface area contributed by atoms with Gasteiger partial charge in [0, 0.05) is 19.7 Å². The molecule has 0 saturated heterocycles. The van der Waals surface area contributed by atoms with Crippen LogP contribution in [0.25, 0.3) is 0 Å². The third-order valence-electron chi connectivity index (χ3n) is 2.18. The molecule has 0 amide bonds. The number of hydrogen-bond donors (Lipinski definition) is 2. The predicted molar refractivity (Wildman–Crippen MR) is 65.4 cm³/mol. The van der Waals surface area contributed by atoms with Gasteiger partial charge in [0.05, 0.1) is 23.0 Å². The zero-order valence-electron chi connectivity index (χ0n) is 9.39. The second kappa shape index (κ2) is 5.92. The topological polar surface area (TPSA) is 47.3 Å². The summed E-state index contributed by atoms with van der Waals surface area (Å²) in [5.41, 5.74) is 6.66. The Morgan fingerprint density at radius 2 is 2.25 bits per heavy atom. The van der Waals surface area contributed by atoms with Gasteiger partial charge >= 0.3 is 0 Å². The van der Waals surface area contributed by atoms with Gasteiger partial charge in [-0.2, -0.15) is 0 Å². The Bertz CT molecular complexity index is 360. The van der Waals surface area contributed by atoms with Crippen LogP contribution in [0.3, 0.4) is 0 Å². The molecule has 0 aromatic heterocycles. The first kappa shape index (κ1) is 13.1. The van der Waals surface area contributed by atoms with Gasteiger partial charge in [-0.3, -0.25) is 0 Å². The first-order valence-electron chi connectivity index (χ1n) is 5.02. The van der Waals surface area contributed by atoms with Crippen LogP contribution in [0.4, 0.5) is 15.8 Å². The van der Waals surface area contributed by atoms with Crippen molar-refractivity contribution in [2.75, 3.05) is 31.3 Å². The van der Waals surface area contributed by atoms with Crippen molar-refractivity contribution >= 4 is 23.0 Å². The lowest BCUT2D eigenvalue weighted by Crippen LogP contribution is -2.16. The van der Waals surface area contributed by atoms with Crippen molar-refractivity contribution in [3.05, 3.63) is 23.0 Å². The number of nitrogens with one attached hydrogen (secondary N) is 1. The summed E-state index contributed by atoms with van der Waals surface area (Å²) >= 11 is 5.67. The van der Waals surface area contributed by atoms with Crippen LogP contribution in [-0.2, 0) is 4.74 Å². The molecule has 1 rings (SSSR count). The number of benzene rings is 1. The van der Waals surface area contributed by atoms with E-state index < -0.39 is 5.82 Å². The molecule has 0 fully saturated rings. The minimum absolute atomic E-state index is 0.0658. The van der Waals surface area contributed by atoms with Crippen LogP contribution in [-0.4, -0.2) is 20.3 Å². The van der Waals surface area contributed by atoms with Gasteiger partial charge in [0.1, 0.15) is 5.82 Å². The minimum Gasteiger partial charge on any atom is -0.397 e. The summed E-state index contributed by atoms with van der Waals surface area (Å²) in [6.45, 7) is 3.39. The normalized spacial score (nSPS) is 12.5. The summed E-state index contributed by atoms with van der Waals surface area (Å²) in [6.07, 6.45) is 0. The van der Waals surface area contributed by atoms with Crippen LogP contribution >= 0.6 is 11.6 Å². The van der Waals surface area contributed by atoms with E-state index in [-0.39, 0.29) is 5.02 Å². The monoisotopic (exact) mass is 246 g/mol. The lowest BCUT2D eigenvalue weighted by Gasteiger charge is -2.14. The Morgan fingerprint density at radius 3 is 2.88 bits per heavy atom. The van der Waals surface area contributed by atoms with Gasteiger partial charge in [-0.1, -0.05) is 18.5 Å². The number of anilines is 2. The smallest absolute Gasteiger partial charge is 0.143 e. The highest BCUT2D eigenvalue weighted by molar-refractivity contribution is 6.31. The van der Waals surface area contributed by atoms with Gasteiger partial charge in [0.2, 0.25) is 0 Å². The molecule has 0 radical (unpaired) electrons. The standard InChI is InChI=1S/C11H16ClFN2O/c1-7(6-16-2)5-15-11-3-8(12)9(13)4-10(11)14/h3-4,7,15H,5-6,14H2,1-2H3. The maximum absolute atomic E-state index is 13.0. The molecule has 5 heteroatoms. The summed E-state index contributed by atoms with van der Waals surface area (Å²) in [6, 6.07) is 2.71. The molecule has 0 aliphatic carbocycles. The molecular formula is C11H16ClFN2O. The molecule has 0 spiro atoms. The van der Waals surface area contributed by atoms with Crippen LogP contribution in [0.1, 0.15) is 6.92 Å². The fraction of sp³-hybridized carbons (Fsp3) is 0.455. The number of halogens is 2. The minimum atomic E-state index is -0.505. The van der Waals surface area contributed by atoms with Crippen LogP contribution in [0.5, 0.6) is 0 Å². The van der Waals surface area contributed by atoms with Gasteiger partial charge in [-0.25, -0.2) is 4.39 Å². The van der Waals surface area contributed by atoms with Gasteiger partial charge in [0.25, 0.3) is 0 Å².